The first-order chi connectivity index (χ1) is 13.4. The molecule has 0 amide bonds. The summed E-state index contributed by atoms with van der Waals surface area (Å²) in [6.45, 7) is 0. The van der Waals surface area contributed by atoms with Gasteiger partial charge in [0.05, 0.1) is 16.0 Å². The van der Waals surface area contributed by atoms with Crippen molar-refractivity contribution in [2.75, 3.05) is 0 Å². The highest BCUT2D eigenvalue weighted by molar-refractivity contribution is 8.00. The molecule has 3 aromatic heterocycles. The van der Waals surface area contributed by atoms with Crippen LogP contribution in [-0.2, 0) is 19.0 Å². The van der Waals surface area contributed by atoms with E-state index in [4.69, 9.17) is 0 Å². The van der Waals surface area contributed by atoms with E-state index < -0.39 is 11.9 Å². The molecule has 0 radical (unpaired) electrons. The second-order valence-electron chi connectivity index (χ2n) is 5.55. The van der Waals surface area contributed by atoms with Crippen molar-refractivity contribution in [2.24, 2.45) is 7.05 Å². The number of thioether (sulfide) groups is 1. The maximum atomic E-state index is 12.6. The number of benzene rings is 1. The van der Waals surface area contributed by atoms with Crippen LogP contribution in [0.2, 0.25) is 0 Å². The molecule has 3 heterocycles. The first-order valence-electron chi connectivity index (χ1n) is 7.85. The Morgan fingerprint density at radius 1 is 1.04 bits per heavy atom. The van der Waals surface area contributed by atoms with Gasteiger partial charge < -0.3 is 4.57 Å². The number of hydrogen-bond acceptors (Lipinski definition) is 8. The zero-order chi connectivity index (χ0) is 19.7. The summed E-state index contributed by atoms with van der Waals surface area (Å²) < 4.78 is 41.5. The number of fused-ring (bicyclic) bond motifs is 1. The van der Waals surface area contributed by atoms with Crippen LogP contribution in [0.4, 0.5) is 13.2 Å². The van der Waals surface area contributed by atoms with Gasteiger partial charge in [0.2, 0.25) is 0 Å². The highest BCUT2D eigenvalue weighted by atomic mass is 32.2. The van der Waals surface area contributed by atoms with E-state index in [-0.39, 0.29) is 0 Å². The van der Waals surface area contributed by atoms with Gasteiger partial charge in [0.1, 0.15) is 10.9 Å². The Morgan fingerprint density at radius 2 is 1.86 bits per heavy atom. The summed E-state index contributed by atoms with van der Waals surface area (Å²) in [4.78, 5) is 4.57. The second-order valence-corrected chi connectivity index (χ2v) is 8.79. The number of nitrogens with zero attached hydrogens (tertiary/aromatic N) is 6. The van der Waals surface area contributed by atoms with Gasteiger partial charge in [-0.3, -0.25) is 0 Å². The average Bonchev–Trinajstić information content (AvgIpc) is 3.23. The predicted molar refractivity (Wildman–Crippen MR) is 101 cm³/mol. The lowest BCUT2D eigenvalue weighted by Gasteiger charge is -2.05. The molecule has 4 rings (SSSR count). The lowest BCUT2D eigenvalue weighted by Crippen LogP contribution is -2.08. The third-order valence-electron chi connectivity index (χ3n) is 3.65. The summed E-state index contributed by atoms with van der Waals surface area (Å²) in [7, 11) is 1.80. The van der Waals surface area contributed by atoms with Crippen LogP contribution in [0.3, 0.4) is 0 Å². The molecular formula is C16H11F3N6S3. The fourth-order valence-corrected chi connectivity index (χ4v) is 4.99. The smallest absolute Gasteiger partial charge is 0.308 e. The van der Waals surface area contributed by atoms with Crippen molar-refractivity contribution in [3.63, 3.8) is 0 Å². The summed E-state index contributed by atoms with van der Waals surface area (Å²) in [5.74, 6) is 1.30. The van der Waals surface area contributed by atoms with E-state index in [9.17, 15) is 13.2 Å². The molecule has 0 unspecified atom stereocenters. The van der Waals surface area contributed by atoms with Crippen molar-refractivity contribution in [3.05, 3.63) is 47.9 Å². The summed E-state index contributed by atoms with van der Waals surface area (Å²) in [6, 6.07) is 10.1. The molecule has 4 aromatic rings. The molecule has 0 atom stereocenters. The number of halogens is 3. The van der Waals surface area contributed by atoms with Crippen molar-refractivity contribution in [3.8, 4) is 0 Å². The first kappa shape index (κ1) is 19.2. The highest BCUT2D eigenvalue weighted by Crippen LogP contribution is 2.32. The maximum Gasteiger partial charge on any atom is 0.435 e. The molecule has 0 fully saturated rings. The van der Waals surface area contributed by atoms with E-state index in [0.717, 1.165) is 38.2 Å². The quantitative estimate of drug-likeness (QED) is 0.418. The Labute approximate surface area is 169 Å². The van der Waals surface area contributed by atoms with Crippen molar-refractivity contribution in [1.29, 1.82) is 0 Å². The number of thiazole rings is 1. The van der Waals surface area contributed by atoms with Gasteiger partial charge in [0.25, 0.3) is 0 Å². The van der Waals surface area contributed by atoms with Crippen molar-refractivity contribution in [2.45, 2.75) is 26.5 Å². The number of aromatic nitrogens is 6. The summed E-state index contributed by atoms with van der Waals surface area (Å²) >= 11 is 4.28. The fourth-order valence-electron chi connectivity index (χ4n) is 2.22. The van der Waals surface area contributed by atoms with Gasteiger partial charge in [-0.15, -0.1) is 31.7 Å². The minimum atomic E-state index is -4.51. The van der Waals surface area contributed by atoms with Gasteiger partial charge in [-0.25, -0.2) is 4.98 Å². The molecule has 0 N–H and O–H groups in total. The highest BCUT2D eigenvalue weighted by Gasteiger charge is 2.33. The molecule has 0 aliphatic carbocycles. The van der Waals surface area contributed by atoms with Crippen LogP contribution in [0.15, 0.2) is 50.9 Å². The number of rotatable bonds is 5. The van der Waals surface area contributed by atoms with Gasteiger partial charge in [-0.1, -0.05) is 23.9 Å². The molecule has 0 saturated carbocycles. The molecule has 28 heavy (non-hydrogen) atoms. The Balaban J connectivity index is 1.43. The van der Waals surface area contributed by atoms with E-state index >= 15 is 0 Å². The summed E-state index contributed by atoms with van der Waals surface area (Å²) in [6.07, 6.45) is -4.51. The van der Waals surface area contributed by atoms with Crippen LogP contribution in [0.25, 0.3) is 10.2 Å². The monoisotopic (exact) mass is 440 g/mol. The molecule has 0 saturated heterocycles. The van der Waals surface area contributed by atoms with Crippen LogP contribution in [0.5, 0.6) is 0 Å². The van der Waals surface area contributed by atoms with E-state index in [1.54, 1.807) is 34.7 Å². The molecule has 0 spiro atoms. The van der Waals surface area contributed by atoms with Gasteiger partial charge in [0, 0.05) is 7.05 Å². The SMILES string of the molecule is Cn1c(CSc2nc3ccccc3s2)nnc1Sc1ccc(C(F)(F)F)nn1. The largest absolute Gasteiger partial charge is 0.435 e. The van der Waals surface area contributed by atoms with E-state index in [1.165, 1.54) is 6.07 Å². The van der Waals surface area contributed by atoms with Gasteiger partial charge >= 0.3 is 6.18 Å². The standard InChI is InChI=1S/C16H11F3N6S3/c1-25-12(8-26-15-20-9-4-2-3-5-10(9)27-15)22-24-14(25)28-13-7-6-11(21-23-13)16(17,18)19/h2-7H,8H2,1H3. The molecule has 0 bridgehead atoms. The molecule has 144 valence electrons. The van der Waals surface area contributed by atoms with E-state index in [1.807, 2.05) is 24.3 Å². The van der Waals surface area contributed by atoms with Crippen molar-refractivity contribution >= 4 is 45.1 Å². The van der Waals surface area contributed by atoms with Gasteiger partial charge in [-0.2, -0.15) is 13.2 Å². The van der Waals surface area contributed by atoms with Crippen LogP contribution < -0.4 is 0 Å². The topological polar surface area (TPSA) is 69.4 Å². The van der Waals surface area contributed by atoms with Crippen molar-refractivity contribution in [1.82, 2.24) is 29.9 Å². The minimum Gasteiger partial charge on any atom is -0.308 e. The first-order valence-corrected chi connectivity index (χ1v) is 10.5. The van der Waals surface area contributed by atoms with Crippen LogP contribution >= 0.6 is 34.9 Å². The molecule has 1 aromatic carbocycles. The third-order valence-corrected chi connectivity index (χ3v) is 6.79. The Hall–Kier alpha value is -2.18. The molecular weight excluding hydrogens is 429 g/mol. The third kappa shape index (κ3) is 4.13. The average molecular weight is 441 g/mol. The summed E-state index contributed by atoms with van der Waals surface area (Å²) in [5, 5.41) is 15.9. The van der Waals surface area contributed by atoms with Gasteiger partial charge in [0.15, 0.2) is 15.2 Å². The Kier molecular flexibility index (Phi) is 5.25. The fraction of sp³-hybridized carbons (Fsp3) is 0.188. The predicted octanol–water partition coefficient (Wildman–Crippen LogP) is 4.68. The minimum absolute atomic E-state index is 0.314. The van der Waals surface area contributed by atoms with E-state index in [2.05, 4.69) is 25.4 Å². The number of alkyl halides is 3. The zero-order valence-corrected chi connectivity index (χ0v) is 16.7. The molecule has 6 nitrogen and oxygen atoms in total. The second kappa shape index (κ2) is 7.68. The molecule has 0 aliphatic rings. The normalized spacial score (nSPS) is 12.0. The lowest BCUT2D eigenvalue weighted by molar-refractivity contribution is -0.141. The van der Waals surface area contributed by atoms with Crippen LogP contribution in [0.1, 0.15) is 11.5 Å². The van der Waals surface area contributed by atoms with Crippen molar-refractivity contribution < 1.29 is 13.2 Å². The summed E-state index contributed by atoms with van der Waals surface area (Å²) in [5.41, 5.74) is -0.0622. The number of hydrogen-bond donors (Lipinski definition) is 0. The lowest BCUT2D eigenvalue weighted by atomic mass is 10.3. The molecule has 0 aliphatic heterocycles. The Morgan fingerprint density at radius 3 is 2.57 bits per heavy atom. The van der Waals surface area contributed by atoms with Crippen LogP contribution in [0, 0.1) is 0 Å². The van der Waals surface area contributed by atoms with Gasteiger partial charge in [-0.05, 0) is 36.0 Å². The maximum absolute atomic E-state index is 12.6. The Bertz CT molecular complexity index is 1070. The van der Waals surface area contributed by atoms with Crippen LogP contribution in [-0.4, -0.2) is 29.9 Å². The zero-order valence-electron chi connectivity index (χ0n) is 14.2. The van der Waals surface area contributed by atoms with E-state index in [0.29, 0.717) is 15.9 Å². The number of para-hydroxylation sites is 1. The molecule has 12 heteroatoms.